The van der Waals surface area contributed by atoms with Crippen molar-refractivity contribution in [3.8, 4) is 0 Å². The lowest BCUT2D eigenvalue weighted by Gasteiger charge is -2.08. The Kier molecular flexibility index (Phi) is 2.51. The van der Waals surface area contributed by atoms with Gasteiger partial charge in [0.05, 0.1) is 0 Å². The molecule has 1 atom stereocenters. The van der Waals surface area contributed by atoms with Crippen molar-refractivity contribution in [2.24, 2.45) is 0 Å². The molecular weight excluding hydrogens is 189 g/mol. The molecule has 0 aliphatic carbocycles. The SMILES string of the molecule is Fc1ccc(C2CCN(Cl)C2)cc1. The highest BCUT2D eigenvalue weighted by Crippen LogP contribution is 2.27. The van der Waals surface area contributed by atoms with E-state index in [0.717, 1.165) is 19.5 Å². The molecule has 0 radical (unpaired) electrons. The third-order valence-corrected chi connectivity index (χ3v) is 2.79. The maximum Gasteiger partial charge on any atom is 0.123 e. The molecular formula is C10H11ClFN. The molecule has 1 saturated heterocycles. The van der Waals surface area contributed by atoms with Gasteiger partial charge in [-0.05, 0) is 41.8 Å². The summed E-state index contributed by atoms with van der Waals surface area (Å²) in [6, 6.07) is 6.70. The minimum Gasteiger partial charge on any atom is -0.220 e. The van der Waals surface area contributed by atoms with Crippen LogP contribution < -0.4 is 0 Å². The van der Waals surface area contributed by atoms with Gasteiger partial charge < -0.3 is 0 Å². The van der Waals surface area contributed by atoms with Gasteiger partial charge in [-0.2, -0.15) is 0 Å². The molecule has 0 spiro atoms. The molecule has 1 unspecified atom stereocenters. The first-order valence-corrected chi connectivity index (χ1v) is 4.76. The third-order valence-electron chi connectivity index (χ3n) is 2.48. The number of nitrogens with zero attached hydrogens (tertiary/aromatic N) is 1. The number of benzene rings is 1. The van der Waals surface area contributed by atoms with Crippen molar-refractivity contribution in [2.75, 3.05) is 13.1 Å². The predicted molar refractivity (Wildman–Crippen MR) is 51.2 cm³/mol. The van der Waals surface area contributed by atoms with E-state index in [0.29, 0.717) is 5.92 Å². The number of halogens is 2. The lowest BCUT2D eigenvalue weighted by molar-refractivity contribution is 0.556. The molecule has 1 aromatic rings. The third kappa shape index (κ3) is 2.01. The van der Waals surface area contributed by atoms with Crippen molar-refractivity contribution in [1.82, 2.24) is 4.42 Å². The molecule has 1 nitrogen and oxygen atoms in total. The molecule has 1 aromatic carbocycles. The van der Waals surface area contributed by atoms with E-state index in [1.54, 1.807) is 4.42 Å². The Morgan fingerprint density at radius 2 is 2.00 bits per heavy atom. The van der Waals surface area contributed by atoms with Crippen molar-refractivity contribution in [3.05, 3.63) is 35.6 Å². The zero-order valence-corrected chi connectivity index (χ0v) is 7.97. The Morgan fingerprint density at radius 1 is 1.31 bits per heavy atom. The van der Waals surface area contributed by atoms with Crippen molar-refractivity contribution in [3.63, 3.8) is 0 Å². The van der Waals surface area contributed by atoms with E-state index in [-0.39, 0.29) is 5.82 Å². The van der Waals surface area contributed by atoms with Gasteiger partial charge in [-0.25, -0.2) is 8.81 Å². The van der Waals surface area contributed by atoms with Crippen LogP contribution in [0, 0.1) is 5.82 Å². The second-order valence-electron chi connectivity index (χ2n) is 3.41. The molecule has 0 N–H and O–H groups in total. The molecule has 2 rings (SSSR count). The topological polar surface area (TPSA) is 3.24 Å². The Labute approximate surface area is 82.2 Å². The van der Waals surface area contributed by atoms with Crippen LogP contribution in [0.25, 0.3) is 0 Å². The van der Waals surface area contributed by atoms with Gasteiger partial charge in [0.1, 0.15) is 5.82 Å². The molecule has 0 aromatic heterocycles. The molecule has 70 valence electrons. The second kappa shape index (κ2) is 3.64. The first-order chi connectivity index (χ1) is 6.25. The monoisotopic (exact) mass is 199 g/mol. The predicted octanol–water partition coefficient (Wildman–Crippen LogP) is 2.77. The summed E-state index contributed by atoms with van der Waals surface area (Å²) in [6.45, 7) is 1.79. The number of hydrogen-bond donors (Lipinski definition) is 0. The highest BCUT2D eigenvalue weighted by molar-refractivity contribution is 6.13. The molecule has 3 heteroatoms. The summed E-state index contributed by atoms with van der Waals surface area (Å²) in [7, 11) is 0. The molecule has 1 aliphatic heterocycles. The van der Waals surface area contributed by atoms with Crippen LogP contribution in [-0.2, 0) is 0 Å². The summed E-state index contributed by atoms with van der Waals surface area (Å²) in [5, 5.41) is 0. The van der Waals surface area contributed by atoms with E-state index in [9.17, 15) is 4.39 Å². The smallest absolute Gasteiger partial charge is 0.123 e. The van der Waals surface area contributed by atoms with Crippen LogP contribution >= 0.6 is 11.8 Å². The highest BCUT2D eigenvalue weighted by atomic mass is 35.5. The summed E-state index contributed by atoms with van der Waals surface area (Å²) < 4.78 is 14.4. The van der Waals surface area contributed by atoms with Crippen molar-refractivity contribution >= 4 is 11.8 Å². The summed E-state index contributed by atoms with van der Waals surface area (Å²) >= 11 is 5.85. The van der Waals surface area contributed by atoms with Crippen LogP contribution in [0.15, 0.2) is 24.3 Å². The van der Waals surface area contributed by atoms with E-state index in [4.69, 9.17) is 11.8 Å². The molecule has 1 aliphatic rings. The van der Waals surface area contributed by atoms with E-state index >= 15 is 0 Å². The lowest BCUT2D eigenvalue weighted by atomic mass is 9.99. The maximum atomic E-state index is 12.6. The summed E-state index contributed by atoms with van der Waals surface area (Å²) in [6.07, 6.45) is 1.06. The molecule has 0 bridgehead atoms. The van der Waals surface area contributed by atoms with Crippen LogP contribution in [0.4, 0.5) is 4.39 Å². The van der Waals surface area contributed by atoms with Gasteiger partial charge in [-0.1, -0.05) is 12.1 Å². The van der Waals surface area contributed by atoms with Gasteiger partial charge in [0.15, 0.2) is 0 Å². The lowest BCUT2D eigenvalue weighted by Crippen LogP contribution is -2.06. The largest absolute Gasteiger partial charge is 0.220 e. The molecule has 1 heterocycles. The quantitative estimate of drug-likeness (QED) is 0.629. The fourth-order valence-electron chi connectivity index (χ4n) is 1.72. The Morgan fingerprint density at radius 3 is 2.54 bits per heavy atom. The summed E-state index contributed by atoms with van der Waals surface area (Å²) in [5.41, 5.74) is 1.18. The Hall–Kier alpha value is -0.600. The van der Waals surface area contributed by atoms with Gasteiger partial charge in [0.2, 0.25) is 0 Å². The van der Waals surface area contributed by atoms with Gasteiger partial charge in [0, 0.05) is 13.1 Å². The minimum atomic E-state index is -0.176. The van der Waals surface area contributed by atoms with Crippen molar-refractivity contribution in [1.29, 1.82) is 0 Å². The van der Waals surface area contributed by atoms with Crippen LogP contribution in [0.1, 0.15) is 17.9 Å². The first-order valence-electron chi connectivity index (χ1n) is 4.42. The first kappa shape index (κ1) is 8.97. The summed E-state index contributed by atoms with van der Waals surface area (Å²) in [5.74, 6) is 0.294. The maximum absolute atomic E-state index is 12.6. The Bertz CT molecular complexity index is 285. The molecule has 0 amide bonds. The molecule has 1 fully saturated rings. The van der Waals surface area contributed by atoms with Gasteiger partial charge >= 0.3 is 0 Å². The fourth-order valence-corrected chi connectivity index (χ4v) is 1.99. The standard InChI is InChI=1S/C10H11ClFN/c11-13-6-5-9(7-13)8-1-3-10(12)4-2-8/h1-4,9H,5-7H2. The van der Waals surface area contributed by atoms with Crippen LogP contribution in [0.5, 0.6) is 0 Å². The second-order valence-corrected chi connectivity index (χ2v) is 3.88. The van der Waals surface area contributed by atoms with E-state index in [1.165, 1.54) is 17.7 Å². The Balaban J connectivity index is 2.13. The van der Waals surface area contributed by atoms with Crippen LogP contribution in [0.3, 0.4) is 0 Å². The fraction of sp³-hybridized carbons (Fsp3) is 0.400. The normalized spacial score (nSPS) is 23.7. The summed E-state index contributed by atoms with van der Waals surface area (Å²) in [4.78, 5) is 0. The average molecular weight is 200 g/mol. The minimum absolute atomic E-state index is 0.176. The van der Waals surface area contributed by atoms with E-state index in [1.807, 2.05) is 12.1 Å². The number of rotatable bonds is 1. The van der Waals surface area contributed by atoms with Crippen LogP contribution in [0.2, 0.25) is 0 Å². The zero-order chi connectivity index (χ0) is 9.26. The van der Waals surface area contributed by atoms with Gasteiger partial charge in [-0.3, -0.25) is 0 Å². The van der Waals surface area contributed by atoms with Crippen molar-refractivity contribution in [2.45, 2.75) is 12.3 Å². The van der Waals surface area contributed by atoms with Crippen LogP contribution in [-0.4, -0.2) is 17.5 Å². The molecule has 0 saturated carbocycles. The molecule has 13 heavy (non-hydrogen) atoms. The highest BCUT2D eigenvalue weighted by Gasteiger charge is 2.22. The van der Waals surface area contributed by atoms with Gasteiger partial charge in [0.25, 0.3) is 0 Å². The average Bonchev–Trinajstić information content (AvgIpc) is 2.53. The zero-order valence-electron chi connectivity index (χ0n) is 7.21. The number of hydrogen-bond acceptors (Lipinski definition) is 1. The van der Waals surface area contributed by atoms with Crippen molar-refractivity contribution < 1.29 is 4.39 Å². The van der Waals surface area contributed by atoms with E-state index < -0.39 is 0 Å². The van der Waals surface area contributed by atoms with Gasteiger partial charge in [-0.15, -0.1) is 0 Å². The van der Waals surface area contributed by atoms with E-state index in [2.05, 4.69) is 0 Å².